The molecule has 0 spiro atoms. The topological polar surface area (TPSA) is 215 Å². The molecule has 2 aliphatic heterocycles. The second-order valence-electron chi connectivity index (χ2n) is 20.2. The van der Waals surface area contributed by atoms with Crippen LogP contribution in [-0.2, 0) is 23.4 Å². The highest BCUT2D eigenvalue weighted by Crippen LogP contribution is 2.60. The van der Waals surface area contributed by atoms with Crippen molar-refractivity contribution < 1.29 is 40.2 Å². The van der Waals surface area contributed by atoms with Gasteiger partial charge in [0.05, 0.1) is 43.7 Å². The first-order chi connectivity index (χ1) is 33.3. The van der Waals surface area contributed by atoms with E-state index in [2.05, 4.69) is 34.8 Å². The largest absolute Gasteiger partial charge is 0.875 e. The van der Waals surface area contributed by atoms with Gasteiger partial charge in [0.25, 0.3) is 0 Å². The third kappa shape index (κ3) is 10.6. The van der Waals surface area contributed by atoms with Crippen LogP contribution in [0.5, 0.6) is 17.2 Å². The maximum Gasteiger partial charge on any atom is 0.161 e. The molecular formula is C56H62N3O8S2-. The van der Waals surface area contributed by atoms with Crippen molar-refractivity contribution in [3.05, 3.63) is 123 Å². The van der Waals surface area contributed by atoms with Gasteiger partial charge in [0.2, 0.25) is 0 Å². The Bertz CT molecular complexity index is 2730. The summed E-state index contributed by atoms with van der Waals surface area (Å²) in [6, 6.07) is 14.5. The molecule has 69 heavy (non-hydrogen) atoms. The number of nitrogens with two attached hydrogens (primary N) is 2. The number of carbonyl (C=O) groups is 1. The lowest BCUT2D eigenvalue weighted by Gasteiger charge is -2.39. The molecule has 13 heteroatoms. The van der Waals surface area contributed by atoms with Crippen molar-refractivity contribution >= 4 is 33.1 Å². The van der Waals surface area contributed by atoms with E-state index >= 15 is 0 Å². The normalized spacial score (nSPS) is 29.1. The smallest absolute Gasteiger partial charge is 0.161 e. The summed E-state index contributed by atoms with van der Waals surface area (Å²) >= 11 is 0. The Labute approximate surface area is 413 Å². The first-order valence-electron chi connectivity index (χ1n) is 24.3. The van der Waals surface area contributed by atoms with E-state index in [-0.39, 0.29) is 66.9 Å². The third-order valence-corrected chi connectivity index (χ3v) is 18.2. The lowest BCUT2D eigenvalue weighted by Crippen LogP contribution is -2.35. The molecule has 6 aliphatic rings. The summed E-state index contributed by atoms with van der Waals surface area (Å²) in [5.41, 5.74) is 18.1. The molecule has 2 heterocycles. The monoisotopic (exact) mass is 968 g/mol. The van der Waals surface area contributed by atoms with Crippen molar-refractivity contribution in [2.75, 3.05) is 19.0 Å². The number of hydrogen-bond acceptors (Lipinski definition) is 13. The van der Waals surface area contributed by atoms with Crippen LogP contribution in [0.25, 0.3) is 0 Å². The quantitative estimate of drug-likeness (QED) is 0.0780. The molecule has 11 nitrogen and oxygen atoms in total. The number of phenols is 2. The molecule has 4 aliphatic carbocycles. The molecule has 0 saturated heterocycles. The fourth-order valence-electron chi connectivity index (χ4n) is 11.9. The van der Waals surface area contributed by atoms with Crippen LogP contribution in [0.4, 0.5) is 0 Å². The standard InChI is InChI=1S/C56H63N3O8S2/c57-53(58)44-26-37-4-1-7-47-42(15-22-59-47)50(65)28-45-43(37)27-38(44)32-68-69-34-56-18-3-6-39-5-2-17-55(39,29-41(62)31-60)21-20-54(33-56,30-52(56)66)19-14-40(61)11-8-35-10-13-49(64)51(25-35)67-23-16-36-9-12-48(63)46(45)24-36/h9-10,12-15,19,22,24-27,39,41,45,52-53,60,62-66H,2,5,7-8,11,16-18,20-21,23,28-34,57-58H2/p-1/b19-14+,50-42?/t39-,41+,45+,52+,54-,55-,56-/m1/s1. The molecule has 3 aromatic carbocycles. The summed E-state index contributed by atoms with van der Waals surface area (Å²) in [6.45, 7) is -0.105. The number of carbonyl (C=O) groups excluding carboxylic acids is 1. The fourth-order valence-corrected chi connectivity index (χ4v) is 14.6. The minimum atomic E-state index is -0.846. The SMILES string of the molecule is NC(N)c1cc2c3cc1CSSC[C@]14CC#C[C@H]5CCC[C@]5(C[C@H](O)CO)CC[C@](/C=C/C(=O)CCc5ccc(O)c(c5)OCCc5ccc(O)c(c5)[C@H]3CC([O-])=C3C=CN=C3CC#C2)(C[C@@H]1O)C4. The number of ketones is 1. The molecule has 362 valence electrons. The number of aliphatic hydroxyl groups excluding tert-OH is 3. The fraction of sp³-hybridized carbons (Fsp3) is 0.464. The summed E-state index contributed by atoms with van der Waals surface area (Å²) < 4.78 is 6.17. The highest BCUT2D eigenvalue weighted by atomic mass is 33.1. The summed E-state index contributed by atoms with van der Waals surface area (Å²) in [5.74, 6) is 14.5. The zero-order valence-electron chi connectivity index (χ0n) is 38.9. The highest BCUT2D eigenvalue weighted by Gasteiger charge is 2.54. The molecular weight excluding hydrogens is 907 g/mol. The van der Waals surface area contributed by atoms with E-state index in [9.17, 15) is 35.4 Å². The van der Waals surface area contributed by atoms with E-state index in [0.717, 1.165) is 47.9 Å². The van der Waals surface area contributed by atoms with Gasteiger partial charge >= 0.3 is 0 Å². The Morgan fingerprint density at radius 1 is 0.957 bits per heavy atom. The van der Waals surface area contributed by atoms with E-state index in [1.165, 1.54) is 0 Å². The second-order valence-corrected chi connectivity index (χ2v) is 22.7. The van der Waals surface area contributed by atoms with E-state index in [1.807, 2.05) is 24.3 Å². The van der Waals surface area contributed by atoms with Crippen LogP contribution in [0.1, 0.15) is 128 Å². The van der Waals surface area contributed by atoms with Gasteiger partial charge in [-0.05, 0) is 138 Å². The van der Waals surface area contributed by atoms with Crippen molar-refractivity contribution in [3.63, 3.8) is 0 Å². The van der Waals surface area contributed by atoms with Gasteiger partial charge in [-0.15, -0.1) is 11.7 Å². The lowest BCUT2D eigenvalue weighted by atomic mass is 9.65. The molecule has 0 amide bonds. The number of benzene rings is 3. The number of phenolic OH excluding ortho intramolecular Hbond substituents is 2. The number of aromatic hydroxyl groups is 2. The van der Waals surface area contributed by atoms with Crippen molar-refractivity contribution in [1.29, 1.82) is 0 Å². The van der Waals surface area contributed by atoms with E-state index in [0.29, 0.717) is 90.2 Å². The number of aryl methyl sites for hydroxylation is 1. The van der Waals surface area contributed by atoms with Gasteiger partial charge in [-0.3, -0.25) is 9.79 Å². The van der Waals surface area contributed by atoms with Crippen LogP contribution in [0, 0.1) is 45.8 Å². The van der Waals surface area contributed by atoms with Crippen LogP contribution < -0.4 is 21.3 Å². The molecule has 8 bridgehead atoms. The minimum absolute atomic E-state index is 0.0200. The first-order valence-corrected chi connectivity index (χ1v) is 26.8. The van der Waals surface area contributed by atoms with Gasteiger partial charge in [-0.2, -0.15) is 0 Å². The van der Waals surface area contributed by atoms with Crippen molar-refractivity contribution in [2.24, 2.45) is 38.6 Å². The Hall–Kier alpha value is -4.96. The molecule has 9 N–H and O–H groups in total. The van der Waals surface area contributed by atoms with Gasteiger partial charge in [0.15, 0.2) is 17.3 Å². The van der Waals surface area contributed by atoms with Crippen LogP contribution >= 0.6 is 21.6 Å². The number of ether oxygens (including phenoxy) is 1. The molecule has 7 atom stereocenters. The third-order valence-electron chi connectivity index (χ3n) is 15.7. The number of aliphatic imine (C=N–C) groups is 1. The first kappa shape index (κ1) is 49.0. The summed E-state index contributed by atoms with van der Waals surface area (Å²) in [4.78, 5) is 18.2. The van der Waals surface area contributed by atoms with E-state index < -0.39 is 35.1 Å². The number of fused-ring (bicyclic) bond motifs is 8. The van der Waals surface area contributed by atoms with Gasteiger partial charge < -0.3 is 46.8 Å². The van der Waals surface area contributed by atoms with Gasteiger partial charge in [0.1, 0.15) is 5.75 Å². The van der Waals surface area contributed by atoms with Crippen LogP contribution in [0.3, 0.4) is 0 Å². The Kier molecular flexibility index (Phi) is 14.8. The van der Waals surface area contributed by atoms with E-state index in [4.69, 9.17) is 16.2 Å². The maximum absolute atomic E-state index is 14.3. The summed E-state index contributed by atoms with van der Waals surface area (Å²) in [5, 5.41) is 69.8. The number of rotatable bonds is 4. The van der Waals surface area contributed by atoms with Gasteiger partial charge in [-0.1, -0.05) is 76.1 Å². The van der Waals surface area contributed by atoms with Crippen LogP contribution in [0.2, 0.25) is 0 Å². The van der Waals surface area contributed by atoms with Gasteiger partial charge in [-0.25, -0.2) is 0 Å². The Morgan fingerprint density at radius 3 is 2.61 bits per heavy atom. The molecule has 0 radical (unpaired) electrons. The molecule has 2 fully saturated rings. The Morgan fingerprint density at radius 2 is 1.78 bits per heavy atom. The second kappa shape index (κ2) is 20.8. The number of hydrogen-bond donors (Lipinski definition) is 7. The Balaban J connectivity index is 1.12. The van der Waals surface area contributed by atoms with Crippen molar-refractivity contribution in [3.8, 4) is 40.9 Å². The molecule has 0 unspecified atom stereocenters. The number of allylic oxidation sites excluding steroid dienone is 5. The highest BCUT2D eigenvalue weighted by molar-refractivity contribution is 8.76. The molecule has 9 rings (SSSR count). The molecule has 0 aromatic heterocycles. The van der Waals surface area contributed by atoms with Crippen molar-refractivity contribution in [2.45, 2.75) is 120 Å². The molecule has 3 aromatic rings. The molecule has 2 saturated carbocycles. The van der Waals surface area contributed by atoms with Gasteiger partial charge in [0, 0.05) is 65.3 Å². The lowest BCUT2D eigenvalue weighted by molar-refractivity contribution is -0.307. The zero-order valence-corrected chi connectivity index (χ0v) is 40.6. The summed E-state index contributed by atoms with van der Waals surface area (Å²) in [7, 11) is 3.31. The average Bonchev–Trinajstić information content (AvgIpc) is 4.04. The minimum Gasteiger partial charge on any atom is -0.875 e. The summed E-state index contributed by atoms with van der Waals surface area (Å²) in [6.07, 6.45) is 12.5. The van der Waals surface area contributed by atoms with Crippen molar-refractivity contribution in [1.82, 2.24) is 0 Å². The van der Waals surface area contributed by atoms with E-state index in [1.54, 1.807) is 64.2 Å². The number of nitrogens with zero attached hydrogens (tertiary/aromatic N) is 1. The van der Waals surface area contributed by atoms with Crippen LogP contribution in [0.15, 0.2) is 89.3 Å². The predicted octanol–water partition coefficient (Wildman–Crippen LogP) is 7.29. The number of aliphatic hydroxyl groups is 3. The maximum atomic E-state index is 14.3. The predicted molar refractivity (Wildman–Crippen MR) is 270 cm³/mol. The van der Waals surface area contributed by atoms with Crippen LogP contribution in [-0.4, -0.2) is 68.2 Å². The average molecular weight is 969 g/mol. The zero-order chi connectivity index (χ0) is 48.3.